The van der Waals surface area contributed by atoms with Gasteiger partial charge in [-0.25, -0.2) is 17.8 Å². The van der Waals surface area contributed by atoms with Gasteiger partial charge in [-0.2, -0.15) is 13.9 Å². The molecular weight excluding hydrogens is 527 g/mol. The fourth-order valence-electron chi connectivity index (χ4n) is 3.41. The zero-order valence-corrected chi connectivity index (χ0v) is 20.3. The topological polar surface area (TPSA) is 165 Å². The summed E-state index contributed by atoms with van der Waals surface area (Å²) in [4.78, 5) is 20.3. The highest BCUT2D eigenvalue weighted by molar-refractivity contribution is 7.93. The van der Waals surface area contributed by atoms with Crippen LogP contribution in [0.4, 0.5) is 30.5 Å². The highest BCUT2D eigenvalue weighted by atomic mass is 32.2. The quantitative estimate of drug-likeness (QED) is 0.232. The molecule has 1 atom stereocenters. The third kappa shape index (κ3) is 5.83. The van der Waals surface area contributed by atoms with Crippen molar-refractivity contribution >= 4 is 33.3 Å². The summed E-state index contributed by atoms with van der Waals surface area (Å²) in [5, 5.41) is 9.62. The van der Waals surface area contributed by atoms with E-state index < -0.39 is 33.6 Å². The number of anilines is 3. The van der Waals surface area contributed by atoms with E-state index in [4.69, 9.17) is 10.5 Å². The van der Waals surface area contributed by atoms with Crippen molar-refractivity contribution < 1.29 is 31.1 Å². The summed E-state index contributed by atoms with van der Waals surface area (Å²) in [6.45, 7) is 1.59. The number of nitrogens with two attached hydrogens (primary N) is 1. The number of amides is 1. The Bertz CT molecular complexity index is 1550. The first kappa shape index (κ1) is 26.4. The molecule has 0 saturated carbocycles. The fourth-order valence-corrected chi connectivity index (χ4v) is 3.98. The summed E-state index contributed by atoms with van der Waals surface area (Å²) in [6, 6.07) is 9.15. The van der Waals surface area contributed by atoms with E-state index in [1.54, 1.807) is 11.6 Å². The maximum absolute atomic E-state index is 13.3. The number of halogens is 3. The molecule has 15 heteroatoms. The molecule has 0 spiro atoms. The van der Waals surface area contributed by atoms with Crippen molar-refractivity contribution in [1.82, 2.24) is 20.2 Å². The van der Waals surface area contributed by atoms with E-state index in [9.17, 15) is 26.4 Å². The lowest BCUT2D eigenvalue weighted by molar-refractivity contribution is 0.100. The molecule has 0 aliphatic rings. The van der Waals surface area contributed by atoms with E-state index in [-0.39, 0.29) is 34.1 Å². The maximum Gasteiger partial charge on any atom is 0.355 e. The lowest BCUT2D eigenvalue weighted by atomic mass is 10.1. The molecule has 0 aliphatic heterocycles. The number of hydrogen-bond acceptors (Lipinski definition) is 8. The molecule has 0 aliphatic carbocycles. The molecule has 4 aromatic rings. The molecule has 4 rings (SSSR count). The van der Waals surface area contributed by atoms with Gasteiger partial charge in [-0.3, -0.25) is 19.6 Å². The van der Waals surface area contributed by atoms with Gasteiger partial charge in [0, 0.05) is 18.0 Å². The number of aromatic amines is 1. The minimum absolute atomic E-state index is 0.0610. The van der Waals surface area contributed by atoms with Gasteiger partial charge < -0.3 is 15.8 Å². The molecule has 2 aromatic heterocycles. The lowest BCUT2D eigenvalue weighted by Gasteiger charge is -2.19. The molecule has 0 unspecified atom stereocenters. The predicted molar refractivity (Wildman–Crippen MR) is 132 cm³/mol. The Kier molecular flexibility index (Phi) is 7.47. The average molecular weight is 548 g/mol. The highest BCUT2D eigenvalue weighted by Gasteiger charge is 2.27. The molecule has 5 N–H and O–H groups in total. The summed E-state index contributed by atoms with van der Waals surface area (Å²) >= 11 is 0. The Hall–Kier alpha value is -4.66. The number of alkyl halides is 2. The Labute approximate surface area is 214 Å². The zero-order valence-electron chi connectivity index (χ0n) is 19.5. The van der Waals surface area contributed by atoms with Crippen molar-refractivity contribution in [2.45, 2.75) is 18.8 Å². The molecule has 0 fully saturated rings. The van der Waals surface area contributed by atoms with Crippen molar-refractivity contribution in [2.24, 2.45) is 5.73 Å². The minimum Gasteiger partial charge on any atom is -0.484 e. The van der Waals surface area contributed by atoms with E-state index in [1.807, 2.05) is 0 Å². The minimum atomic E-state index is -5.04. The van der Waals surface area contributed by atoms with Crippen LogP contribution in [0.25, 0.3) is 11.3 Å². The van der Waals surface area contributed by atoms with Crippen LogP contribution in [0.2, 0.25) is 0 Å². The van der Waals surface area contributed by atoms with Gasteiger partial charge in [-0.05, 0) is 36.8 Å². The van der Waals surface area contributed by atoms with E-state index in [1.165, 1.54) is 61.1 Å². The molecule has 0 saturated heterocycles. The third-order valence-corrected chi connectivity index (χ3v) is 6.19. The molecule has 1 amide bonds. The summed E-state index contributed by atoms with van der Waals surface area (Å²) < 4.78 is 70.8. The Morgan fingerprint density at radius 2 is 1.87 bits per heavy atom. The first-order valence-corrected chi connectivity index (χ1v) is 12.4. The number of nitrogens with one attached hydrogen (secondary N) is 3. The van der Waals surface area contributed by atoms with Gasteiger partial charge in [0.05, 0.1) is 11.9 Å². The summed E-state index contributed by atoms with van der Waals surface area (Å²) in [5.41, 5.74) is 6.06. The Morgan fingerprint density at radius 1 is 1.13 bits per heavy atom. The van der Waals surface area contributed by atoms with Crippen LogP contribution >= 0.6 is 0 Å². The van der Waals surface area contributed by atoms with Gasteiger partial charge in [0.1, 0.15) is 40.6 Å². The lowest BCUT2D eigenvalue weighted by Crippen LogP contribution is -2.21. The molecule has 2 heterocycles. The van der Waals surface area contributed by atoms with Crippen LogP contribution in [0, 0.1) is 5.82 Å². The Morgan fingerprint density at radius 3 is 2.50 bits per heavy atom. The van der Waals surface area contributed by atoms with Crippen LogP contribution in [0.1, 0.15) is 28.9 Å². The molecule has 2 aromatic carbocycles. The number of ether oxygens (including phenoxy) is 1. The number of aromatic nitrogens is 4. The van der Waals surface area contributed by atoms with Crippen LogP contribution in [0.15, 0.2) is 61.1 Å². The monoisotopic (exact) mass is 547 g/mol. The third-order valence-electron chi connectivity index (χ3n) is 5.21. The molecule has 198 valence electrons. The van der Waals surface area contributed by atoms with Crippen molar-refractivity contribution in [3.05, 3.63) is 78.0 Å². The second-order valence-electron chi connectivity index (χ2n) is 7.83. The standard InChI is InChI=1S/C23H20F3N7O4S/c1-12(13-2-5-15(24)6-3-13)37-17-10-14(4-7-16(17)33-38(35,36)23(25)26)20-19(21(27)34)22(32-31-20)30-18-11-28-8-9-29-18/h2-12,23,33H,1H3,(H2,27,34)(H2,29,30,31,32)/t12-/m1/s1. The van der Waals surface area contributed by atoms with Crippen LogP contribution < -0.4 is 20.5 Å². The molecule has 0 radical (unpaired) electrons. The molecular formula is C23H20F3N7O4S. The summed E-state index contributed by atoms with van der Waals surface area (Å²) in [6.07, 6.45) is 3.52. The number of hydrogen-bond donors (Lipinski definition) is 4. The van der Waals surface area contributed by atoms with Crippen LogP contribution in [0.5, 0.6) is 5.75 Å². The van der Waals surface area contributed by atoms with Crippen LogP contribution in [-0.2, 0) is 10.0 Å². The first-order valence-electron chi connectivity index (χ1n) is 10.8. The van der Waals surface area contributed by atoms with Crippen molar-refractivity contribution in [3.8, 4) is 17.0 Å². The van der Waals surface area contributed by atoms with Crippen molar-refractivity contribution in [2.75, 3.05) is 10.0 Å². The van der Waals surface area contributed by atoms with E-state index in [0.29, 0.717) is 11.4 Å². The van der Waals surface area contributed by atoms with E-state index >= 15 is 0 Å². The predicted octanol–water partition coefficient (Wildman–Crippen LogP) is 3.95. The SMILES string of the molecule is C[C@@H](Oc1cc(-c2n[nH]c(Nc3cnccn3)c2C(N)=O)ccc1NS(=O)(=O)C(F)F)c1ccc(F)cc1. The van der Waals surface area contributed by atoms with Gasteiger partial charge in [0.25, 0.3) is 15.9 Å². The normalized spacial score (nSPS) is 12.2. The van der Waals surface area contributed by atoms with Gasteiger partial charge in [0.2, 0.25) is 0 Å². The summed E-state index contributed by atoms with van der Waals surface area (Å²) in [5.74, 6) is -4.80. The number of sulfonamides is 1. The van der Waals surface area contributed by atoms with Crippen LogP contribution in [0.3, 0.4) is 0 Å². The van der Waals surface area contributed by atoms with Gasteiger partial charge in [-0.15, -0.1) is 0 Å². The van der Waals surface area contributed by atoms with Crippen molar-refractivity contribution in [1.29, 1.82) is 0 Å². The largest absolute Gasteiger partial charge is 0.484 e. The fraction of sp³-hybridized carbons (Fsp3) is 0.130. The summed E-state index contributed by atoms with van der Waals surface area (Å²) in [7, 11) is -5.04. The molecule has 38 heavy (non-hydrogen) atoms. The van der Waals surface area contributed by atoms with E-state index in [2.05, 4.69) is 25.5 Å². The number of nitrogens with zero attached hydrogens (tertiary/aromatic N) is 3. The average Bonchev–Trinajstić information content (AvgIpc) is 3.29. The highest BCUT2D eigenvalue weighted by Crippen LogP contribution is 2.37. The number of H-pyrrole nitrogens is 1. The van der Waals surface area contributed by atoms with Gasteiger partial charge in [0.15, 0.2) is 0 Å². The number of carbonyl (C=O) groups excluding carboxylic acids is 1. The smallest absolute Gasteiger partial charge is 0.355 e. The molecule has 11 nitrogen and oxygen atoms in total. The molecule has 0 bridgehead atoms. The second kappa shape index (κ2) is 10.8. The first-order chi connectivity index (χ1) is 18.0. The van der Waals surface area contributed by atoms with Gasteiger partial charge >= 0.3 is 5.76 Å². The number of benzene rings is 2. The number of primary amides is 1. The number of rotatable bonds is 10. The number of carbonyl (C=O) groups is 1. The van der Waals surface area contributed by atoms with Crippen LogP contribution in [-0.4, -0.2) is 40.2 Å². The zero-order chi connectivity index (χ0) is 27.4. The van der Waals surface area contributed by atoms with E-state index in [0.717, 1.165) is 0 Å². The second-order valence-corrected chi connectivity index (χ2v) is 9.48. The maximum atomic E-state index is 13.3. The van der Waals surface area contributed by atoms with Crippen molar-refractivity contribution in [3.63, 3.8) is 0 Å². The Balaban J connectivity index is 1.76. The van der Waals surface area contributed by atoms with Gasteiger partial charge in [-0.1, -0.05) is 18.2 Å².